The lowest BCUT2D eigenvalue weighted by Crippen LogP contribution is -2.15. The molecule has 2 heteroatoms. The fraction of sp³-hybridized carbons (Fsp3) is 0.136. The molecule has 3 aromatic carbocycles. The second-order valence-corrected chi connectivity index (χ2v) is 6.02. The van der Waals surface area contributed by atoms with Crippen molar-refractivity contribution in [1.82, 2.24) is 0 Å². The van der Waals surface area contributed by atoms with Crippen LogP contribution in [0.3, 0.4) is 0 Å². The molecule has 0 amide bonds. The first-order valence-corrected chi connectivity index (χ1v) is 8.23. The molecular formula is C22H22N2. The molecule has 0 spiro atoms. The van der Waals surface area contributed by atoms with Gasteiger partial charge in [0.1, 0.15) is 0 Å². The third-order valence-electron chi connectivity index (χ3n) is 4.12. The third kappa shape index (κ3) is 4.11. The van der Waals surface area contributed by atoms with E-state index in [0.29, 0.717) is 12.1 Å². The van der Waals surface area contributed by atoms with Crippen LogP contribution < -0.4 is 5.32 Å². The number of hydrogen-bond acceptors (Lipinski definition) is 2. The Labute approximate surface area is 143 Å². The van der Waals surface area contributed by atoms with Gasteiger partial charge in [-0.3, -0.25) is 0 Å². The smallest absolute Gasteiger partial charge is 0.0569 e. The van der Waals surface area contributed by atoms with Gasteiger partial charge in [0.25, 0.3) is 0 Å². The molecule has 2 nitrogen and oxygen atoms in total. The van der Waals surface area contributed by atoms with Gasteiger partial charge in [0.2, 0.25) is 0 Å². The van der Waals surface area contributed by atoms with Gasteiger partial charge in [-0.2, -0.15) is 0 Å². The maximum Gasteiger partial charge on any atom is 0.0569 e. The number of anilines is 1. The van der Waals surface area contributed by atoms with E-state index >= 15 is 0 Å². The van der Waals surface area contributed by atoms with E-state index in [1.807, 2.05) is 48.5 Å². The van der Waals surface area contributed by atoms with Crippen molar-refractivity contribution in [2.75, 3.05) is 5.32 Å². The summed E-state index contributed by atoms with van der Waals surface area (Å²) in [6, 6.07) is 28.7. The minimum absolute atomic E-state index is 0.0701. The number of rotatable bonds is 6. The Kier molecular flexibility index (Phi) is 5.07. The Morgan fingerprint density at radius 1 is 0.833 bits per heavy atom. The largest absolute Gasteiger partial charge is 0.378 e. The van der Waals surface area contributed by atoms with Crippen LogP contribution in [0, 0.1) is 12.3 Å². The summed E-state index contributed by atoms with van der Waals surface area (Å²) in [5, 5.41) is 12.1. The van der Waals surface area contributed by atoms with E-state index in [2.05, 4.69) is 48.6 Å². The van der Waals surface area contributed by atoms with Gasteiger partial charge >= 0.3 is 0 Å². The lowest BCUT2D eigenvalue weighted by molar-refractivity contribution is 0.819. The minimum Gasteiger partial charge on any atom is -0.378 e. The third-order valence-corrected chi connectivity index (χ3v) is 4.12. The summed E-state index contributed by atoms with van der Waals surface area (Å²) in [7, 11) is 0. The molecule has 2 N–H and O–H groups in total. The van der Waals surface area contributed by atoms with Crippen molar-refractivity contribution in [3.63, 3.8) is 0 Å². The zero-order valence-corrected chi connectivity index (χ0v) is 13.9. The van der Waals surface area contributed by atoms with E-state index in [0.717, 1.165) is 11.3 Å². The zero-order chi connectivity index (χ0) is 16.8. The maximum absolute atomic E-state index is 8.48. The maximum atomic E-state index is 8.48. The van der Waals surface area contributed by atoms with Gasteiger partial charge in [0.05, 0.1) is 6.04 Å². The summed E-state index contributed by atoms with van der Waals surface area (Å²) in [5.74, 6) is 0. The van der Waals surface area contributed by atoms with Crippen molar-refractivity contribution in [1.29, 1.82) is 5.41 Å². The lowest BCUT2D eigenvalue weighted by atomic mass is 9.96. The van der Waals surface area contributed by atoms with Gasteiger partial charge in [-0.05, 0) is 30.2 Å². The Morgan fingerprint density at radius 3 is 2.04 bits per heavy atom. The summed E-state index contributed by atoms with van der Waals surface area (Å²) in [6.45, 7) is 2.09. The summed E-state index contributed by atoms with van der Waals surface area (Å²) in [4.78, 5) is 0. The lowest BCUT2D eigenvalue weighted by Gasteiger charge is -2.21. The van der Waals surface area contributed by atoms with Crippen LogP contribution >= 0.6 is 0 Å². The molecule has 24 heavy (non-hydrogen) atoms. The molecule has 0 aliphatic carbocycles. The van der Waals surface area contributed by atoms with Crippen LogP contribution in [0.4, 0.5) is 5.69 Å². The number of benzene rings is 3. The van der Waals surface area contributed by atoms with Crippen LogP contribution in [0.15, 0.2) is 84.9 Å². The summed E-state index contributed by atoms with van der Waals surface area (Å²) < 4.78 is 0. The quantitative estimate of drug-likeness (QED) is 0.570. The van der Waals surface area contributed by atoms with Gasteiger partial charge in [-0.15, -0.1) is 0 Å². The van der Waals surface area contributed by atoms with Crippen LogP contribution in [-0.4, -0.2) is 5.71 Å². The molecule has 3 aromatic rings. The average Bonchev–Trinajstić information content (AvgIpc) is 2.63. The average molecular weight is 314 g/mol. The van der Waals surface area contributed by atoms with Gasteiger partial charge in [0.15, 0.2) is 0 Å². The Balaban J connectivity index is 1.84. The molecule has 0 aliphatic heterocycles. The standard InChI is InChI=1S/C22H22N2/c1-17-12-14-19(15-13-17)22(24-20-10-6-3-7-11-20)16-21(23)18-8-4-2-5-9-18/h2-15,22-24H,16H2,1H3. The van der Waals surface area contributed by atoms with Crippen LogP contribution in [-0.2, 0) is 0 Å². The van der Waals surface area contributed by atoms with E-state index < -0.39 is 0 Å². The predicted molar refractivity (Wildman–Crippen MR) is 102 cm³/mol. The molecule has 0 radical (unpaired) electrons. The first-order chi connectivity index (χ1) is 11.7. The summed E-state index contributed by atoms with van der Waals surface area (Å²) >= 11 is 0. The number of para-hydroxylation sites is 1. The molecule has 1 atom stereocenters. The molecule has 0 saturated heterocycles. The van der Waals surface area contributed by atoms with Crippen LogP contribution in [0.25, 0.3) is 0 Å². The van der Waals surface area contributed by atoms with E-state index in [-0.39, 0.29) is 6.04 Å². The predicted octanol–water partition coefficient (Wildman–Crippen LogP) is 5.61. The van der Waals surface area contributed by atoms with Crippen molar-refractivity contribution in [3.05, 3.63) is 102 Å². The fourth-order valence-corrected chi connectivity index (χ4v) is 2.75. The van der Waals surface area contributed by atoms with Crippen LogP contribution in [0.5, 0.6) is 0 Å². The molecule has 3 rings (SSSR count). The minimum atomic E-state index is 0.0701. The number of aryl methyl sites for hydroxylation is 1. The summed E-state index contributed by atoms with van der Waals surface area (Å²) in [6.07, 6.45) is 0.641. The highest BCUT2D eigenvalue weighted by molar-refractivity contribution is 5.98. The molecule has 0 bridgehead atoms. The second kappa shape index (κ2) is 7.60. The van der Waals surface area contributed by atoms with Crippen LogP contribution in [0.1, 0.15) is 29.2 Å². The molecule has 120 valence electrons. The monoisotopic (exact) mass is 314 g/mol. The van der Waals surface area contributed by atoms with E-state index in [9.17, 15) is 0 Å². The normalized spacial score (nSPS) is 11.7. The molecule has 0 heterocycles. The molecule has 0 aliphatic rings. The van der Waals surface area contributed by atoms with Crippen molar-refractivity contribution in [2.24, 2.45) is 0 Å². The molecule has 0 aromatic heterocycles. The highest BCUT2D eigenvalue weighted by Crippen LogP contribution is 2.24. The second-order valence-electron chi connectivity index (χ2n) is 6.02. The highest BCUT2D eigenvalue weighted by Gasteiger charge is 2.15. The molecular weight excluding hydrogens is 292 g/mol. The van der Waals surface area contributed by atoms with Crippen LogP contribution in [0.2, 0.25) is 0 Å². The Morgan fingerprint density at radius 2 is 1.42 bits per heavy atom. The zero-order valence-electron chi connectivity index (χ0n) is 13.9. The van der Waals surface area contributed by atoms with Crippen molar-refractivity contribution in [3.8, 4) is 0 Å². The van der Waals surface area contributed by atoms with Crippen molar-refractivity contribution >= 4 is 11.4 Å². The topological polar surface area (TPSA) is 35.9 Å². The van der Waals surface area contributed by atoms with Gasteiger partial charge in [-0.1, -0.05) is 78.4 Å². The molecule has 0 fully saturated rings. The first kappa shape index (κ1) is 16.0. The molecule has 1 unspecified atom stereocenters. The van der Waals surface area contributed by atoms with Crippen molar-refractivity contribution < 1.29 is 0 Å². The first-order valence-electron chi connectivity index (χ1n) is 8.23. The Bertz CT molecular complexity index is 777. The van der Waals surface area contributed by atoms with Gasteiger partial charge in [0, 0.05) is 17.8 Å². The van der Waals surface area contributed by atoms with Gasteiger partial charge in [-0.25, -0.2) is 0 Å². The fourth-order valence-electron chi connectivity index (χ4n) is 2.75. The van der Waals surface area contributed by atoms with E-state index in [4.69, 9.17) is 5.41 Å². The highest BCUT2D eigenvalue weighted by atomic mass is 14.9. The van der Waals surface area contributed by atoms with Crippen molar-refractivity contribution in [2.45, 2.75) is 19.4 Å². The Hall–Kier alpha value is -2.87. The number of hydrogen-bond donors (Lipinski definition) is 2. The van der Waals surface area contributed by atoms with E-state index in [1.165, 1.54) is 11.1 Å². The SMILES string of the molecule is Cc1ccc(C(CC(=N)c2ccccc2)Nc2ccccc2)cc1. The van der Waals surface area contributed by atoms with Gasteiger partial charge < -0.3 is 10.7 Å². The molecule has 0 saturated carbocycles. The number of nitrogens with one attached hydrogen (secondary N) is 2. The van der Waals surface area contributed by atoms with E-state index in [1.54, 1.807) is 0 Å². The summed E-state index contributed by atoms with van der Waals surface area (Å²) in [5.41, 5.74) is 5.14.